The number of hydrogen-bond acceptors (Lipinski definition) is 4. The summed E-state index contributed by atoms with van der Waals surface area (Å²) in [6, 6.07) is 3.08. The number of carbonyl (C=O) groups excluding carboxylic acids is 2. The van der Waals surface area contributed by atoms with Crippen LogP contribution in [0, 0.1) is 11.8 Å². The molecule has 1 saturated heterocycles. The number of nitrogens with zero attached hydrogens (tertiary/aromatic N) is 2. The van der Waals surface area contributed by atoms with E-state index in [-0.39, 0.29) is 35.2 Å². The first-order valence-electron chi connectivity index (χ1n) is 7.39. The second-order valence-corrected chi connectivity index (χ2v) is 5.76. The fourth-order valence-electron chi connectivity index (χ4n) is 2.69. The van der Waals surface area contributed by atoms with Gasteiger partial charge < -0.3 is 15.3 Å². The van der Waals surface area contributed by atoms with E-state index in [9.17, 15) is 14.7 Å². The summed E-state index contributed by atoms with van der Waals surface area (Å²) in [7, 11) is 0. The van der Waals surface area contributed by atoms with E-state index < -0.39 is 0 Å². The van der Waals surface area contributed by atoms with Crippen molar-refractivity contribution in [1.82, 2.24) is 9.88 Å². The predicted octanol–water partition coefficient (Wildman–Crippen LogP) is 1.37. The van der Waals surface area contributed by atoms with Gasteiger partial charge in [0.2, 0.25) is 11.8 Å². The van der Waals surface area contributed by atoms with Crippen molar-refractivity contribution in [3.63, 3.8) is 0 Å². The average Bonchev–Trinajstić information content (AvgIpc) is 3.34. The molecule has 1 aliphatic heterocycles. The van der Waals surface area contributed by atoms with Crippen LogP contribution in [0.2, 0.25) is 0 Å². The monoisotopic (exact) mass is 289 g/mol. The molecule has 2 N–H and O–H groups in total. The molecule has 2 fully saturated rings. The van der Waals surface area contributed by atoms with Crippen LogP contribution >= 0.6 is 0 Å². The zero-order valence-corrected chi connectivity index (χ0v) is 11.8. The van der Waals surface area contributed by atoms with Crippen LogP contribution in [0.15, 0.2) is 18.3 Å². The first kappa shape index (κ1) is 13.9. The van der Waals surface area contributed by atoms with Gasteiger partial charge in [0.25, 0.3) is 0 Å². The minimum absolute atomic E-state index is 0.0485. The summed E-state index contributed by atoms with van der Waals surface area (Å²) >= 11 is 0. The van der Waals surface area contributed by atoms with Crippen LogP contribution in [0.1, 0.15) is 25.7 Å². The maximum absolute atomic E-state index is 12.3. The van der Waals surface area contributed by atoms with Gasteiger partial charge in [-0.3, -0.25) is 9.59 Å². The molecule has 0 bridgehead atoms. The van der Waals surface area contributed by atoms with Gasteiger partial charge in [0.15, 0.2) is 11.6 Å². The van der Waals surface area contributed by atoms with Gasteiger partial charge in [-0.25, -0.2) is 4.98 Å². The van der Waals surface area contributed by atoms with Crippen molar-refractivity contribution in [1.29, 1.82) is 0 Å². The molecule has 0 spiro atoms. The Morgan fingerprint density at radius 1 is 1.29 bits per heavy atom. The molecular weight excluding hydrogens is 270 g/mol. The molecule has 0 aromatic carbocycles. The van der Waals surface area contributed by atoms with Crippen molar-refractivity contribution >= 4 is 17.6 Å². The van der Waals surface area contributed by atoms with E-state index in [1.165, 1.54) is 12.3 Å². The van der Waals surface area contributed by atoms with Crippen molar-refractivity contribution in [2.24, 2.45) is 11.8 Å². The fourth-order valence-corrected chi connectivity index (χ4v) is 2.69. The highest BCUT2D eigenvalue weighted by Crippen LogP contribution is 2.32. The van der Waals surface area contributed by atoms with Crippen LogP contribution in [0.25, 0.3) is 0 Å². The molecular formula is C15H19N3O3. The molecule has 1 unspecified atom stereocenters. The number of rotatable bonds is 3. The van der Waals surface area contributed by atoms with Crippen LogP contribution in [0.5, 0.6) is 5.75 Å². The SMILES string of the molecule is O=C(Nc1ncccc1O)C1CCCN(C(=O)C2CC2)C1. The Kier molecular flexibility index (Phi) is 3.77. The topological polar surface area (TPSA) is 82.5 Å². The Labute approximate surface area is 123 Å². The van der Waals surface area contributed by atoms with Crippen molar-refractivity contribution in [3.8, 4) is 5.75 Å². The van der Waals surface area contributed by atoms with Gasteiger partial charge in [0, 0.05) is 25.2 Å². The lowest BCUT2D eigenvalue weighted by Crippen LogP contribution is -2.44. The quantitative estimate of drug-likeness (QED) is 0.880. The Morgan fingerprint density at radius 2 is 2.10 bits per heavy atom. The van der Waals surface area contributed by atoms with Crippen molar-refractivity contribution in [2.45, 2.75) is 25.7 Å². The highest BCUT2D eigenvalue weighted by molar-refractivity contribution is 5.93. The first-order valence-corrected chi connectivity index (χ1v) is 7.39. The number of pyridine rings is 1. The molecule has 6 heteroatoms. The standard InChI is InChI=1S/C15H19N3O3/c19-12-4-1-7-16-13(12)17-14(20)11-3-2-8-18(9-11)15(21)10-5-6-10/h1,4,7,10-11,19H,2-3,5-6,8-9H2,(H,16,17,20). The number of hydrogen-bond donors (Lipinski definition) is 2. The summed E-state index contributed by atoms with van der Waals surface area (Å²) in [5.41, 5.74) is 0. The summed E-state index contributed by atoms with van der Waals surface area (Å²) in [6.07, 6.45) is 5.07. The molecule has 21 heavy (non-hydrogen) atoms. The summed E-state index contributed by atoms with van der Waals surface area (Å²) in [6.45, 7) is 1.21. The molecule has 1 aromatic rings. The maximum Gasteiger partial charge on any atom is 0.230 e. The number of carbonyl (C=O) groups is 2. The number of amides is 2. The number of likely N-dealkylation sites (tertiary alicyclic amines) is 1. The Bertz CT molecular complexity index is 557. The van der Waals surface area contributed by atoms with Gasteiger partial charge in [-0.15, -0.1) is 0 Å². The zero-order chi connectivity index (χ0) is 14.8. The van der Waals surface area contributed by atoms with E-state index in [0.717, 1.165) is 32.2 Å². The molecule has 1 saturated carbocycles. The molecule has 1 aromatic heterocycles. The summed E-state index contributed by atoms with van der Waals surface area (Å²) in [5, 5.41) is 12.3. The average molecular weight is 289 g/mol. The van der Waals surface area contributed by atoms with Gasteiger partial charge >= 0.3 is 0 Å². The van der Waals surface area contributed by atoms with Gasteiger partial charge in [0.1, 0.15) is 0 Å². The Hall–Kier alpha value is -2.11. The van der Waals surface area contributed by atoms with E-state index in [4.69, 9.17) is 0 Å². The smallest absolute Gasteiger partial charge is 0.230 e. The van der Waals surface area contributed by atoms with Crippen LogP contribution < -0.4 is 5.32 Å². The molecule has 2 heterocycles. The summed E-state index contributed by atoms with van der Waals surface area (Å²) in [4.78, 5) is 30.1. The molecule has 0 radical (unpaired) electrons. The van der Waals surface area contributed by atoms with E-state index in [2.05, 4.69) is 10.3 Å². The third-order valence-corrected chi connectivity index (χ3v) is 4.06. The fraction of sp³-hybridized carbons (Fsp3) is 0.533. The molecule has 1 atom stereocenters. The summed E-state index contributed by atoms with van der Waals surface area (Å²) < 4.78 is 0. The highest BCUT2D eigenvalue weighted by atomic mass is 16.3. The molecule has 2 aliphatic rings. The highest BCUT2D eigenvalue weighted by Gasteiger charge is 2.36. The van der Waals surface area contributed by atoms with Crippen LogP contribution in [-0.2, 0) is 9.59 Å². The van der Waals surface area contributed by atoms with Crippen LogP contribution in [-0.4, -0.2) is 39.9 Å². The summed E-state index contributed by atoms with van der Waals surface area (Å²) in [5.74, 6) is 0.0840. The van der Waals surface area contributed by atoms with E-state index >= 15 is 0 Å². The first-order chi connectivity index (χ1) is 10.1. The van der Waals surface area contributed by atoms with Gasteiger partial charge in [-0.2, -0.15) is 0 Å². The van der Waals surface area contributed by atoms with Crippen LogP contribution in [0.3, 0.4) is 0 Å². The van der Waals surface area contributed by atoms with E-state index in [1.54, 1.807) is 6.07 Å². The lowest BCUT2D eigenvalue weighted by Gasteiger charge is -2.32. The maximum atomic E-state index is 12.3. The largest absolute Gasteiger partial charge is 0.504 e. The van der Waals surface area contributed by atoms with Crippen molar-refractivity contribution in [2.75, 3.05) is 18.4 Å². The van der Waals surface area contributed by atoms with Crippen molar-refractivity contribution in [3.05, 3.63) is 18.3 Å². The van der Waals surface area contributed by atoms with E-state index in [1.807, 2.05) is 4.90 Å². The lowest BCUT2D eigenvalue weighted by molar-refractivity contribution is -0.135. The second kappa shape index (κ2) is 5.71. The zero-order valence-electron chi connectivity index (χ0n) is 11.8. The lowest BCUT2D eigenvalue weighted by atomic mass is 9.96. The Balaban J connectivity index is 1.61. The molecule has 112 valence electrons. The van der Waals surface area contributed by atoms with Crippen LogP contribution in [0.4, 0.5) is 5.82 Å². The third kappa shape index (κ3) is 3.15. The van der Waals surface area contributed by atoms with Crippen molar-refractivity contribution < 1.29 is 14.7 Å². The van der Waals surface area contributed by atoms with E-state index in [0.29, 0.717) is 6.54 Å². The normalized spacial score (nSPS) is 21.9. The second-order valence-electron chi connectivity index (χ2n) is 5.76. The molecule has 6 nitrogen and oxygen atoms in total. The number of anilines is 1. The minimum atomic E-state index is -0.233. The van der Waals surface area contributed by atoms with Gasteiger partial charge in [-0.1, -0.05) is 0 Å². The van der Waals surface area contributed by atoms with Gasteiger partial charge in [0.05, 0.1) is 5.92 Å². The number of nitrogens with one attached hydrogen (secondary N) is 1. The molecule has 2 amide bonds. The minimum Gasteiger partial charge on any atom is -0.504 e. The Morgan fingerprint density at radius 3 is 2.81 bits per heavy atom. The number of aromatic hydroxyl groups is 1. The molecule has 3 rings (SSSR count). The number of piperidine rings is 1. The third-order valence-electron chi connectivity index (χ3n) is 4.06. The predicted molar refractivity (Wildman–Crippen MR) is 76.6 cm³/mol. The molecule has 1 aliphatic carbocycles. The number of aromatic nitrogens is 1. The van der Waals surface area contributed by atoms with Gasteiger partial charge in [-0.05, 0) is 37.8 Å².